The number of benzene rings is 3. The van der Waals surface area contributed by atoms with E-state index in [1.165, 1.54) is 6.20 Å². The Labute approximate surface area is 161 Å². The molecule has 0 aliphatic rings. The summed E-state index contributed by atoms with van der Waals surface area (Å²) in [6.07, 6.45) is 1.49. The van der Waals surface area contributed by atoms with E-state index in [2.05, 4.69) is 0 Å². The predicted molar refractivity (Wildman–Crippen MR) is 109 cm³/mol. The maximum Gasteiger partial charge on any atom is 0.254 e. The molecular weight excluding hydrogens is 352 g/mol. The molecule has 1 amide bonds. The maximum atomic E-state index is 12.5. The number of para-hydroxylation sites is 1. The number of nitrogens with two attached hydrogens (primary N) is 1. The lowest BCUT2D eigenvalue weighted by molar-refractivity contribution is 0.0999. The van der Waals surface area contributed by atoms with Crippen molar-refractivity contribution >= 4 is 16.8 Å². The smallest absolute Gasteiger partial charge is 0.254 e. The van der Waals surface area contributed by atoms with Crippen LogP contribution in [0, 0.1) is 0 Å². The van der Waals surface area contributed by atoms with Crippen LogP contribution in [-0.2, 0) is 6.61 Å². The van der Waals surface area contributed by atoms with Crippen LogP contribution in [0.2, 0.25) is 0 Å². The summed E-state index contributed by atoms with van der Waals surface area (Å²) in [6.45, 7) is 0.446. The minimum Gasteiger partial charge on any atom is -0.489 e. The van der Waals surface area contributed by atoms with Crippen LogP contribution in [0.15, 0.2) is 89.9 Å². The highest BCUT2D eigenvalue weighted by atomic mass is 16.5. The van der Waals surface area contributed by atoms with Gasteiger partial charge in [0.15, 0.2) is 0 Å². The topological polar surface area (TPSA) is 74.3 Å². The third-order valence-corrected chi connectivity index (χ3v) is 4.52. The molecule has 1 aromatic heterocycles. The summed E-state index contributed by atoms with van der Waals surface area (Å²) < 4.78 is 7.68. The number of hydrogen-bond donors (Lipinski definition) is 1. The summed E-state index contributed by atoms with van der Waals surface area (Å²) in [7, 11) is 0. The van der Waals surface area contributed by atoms with Gasteiger partial charge in [0, 0.05) is 23.3 Å². The number of primary amides is 1. The second-order valence-corrected chi connectivity index (χ2v) is 6.39. The molecule has 5 nitrogen and oxygen atoms in total. The lowest BCUT2D eigenvalue weighted by Gasteiger charge is -2.14. The number of carbonyl (C=O) groups excluding carboxylic acids is 1. The summed E-state index contributed by atoms with van der Waals surface area (Å²) in [4.78, 5) is 24.3. The van der Waals surface area contributed by atoms with Crippen molar-refractivity contribution in [2.24, 2.45) is 5.73 Å². The van der Waals surface area contributed by atoms with E-state index in [4.69, 9.17) is 10.5 Å². The molecule has 0 radical (unpaired) electrons. The number of aromatic nitrogens is 1. The first-order chi connectivity index (χ1) is 13.6. The summed E-state index contributed by atoms with van der Waals surface area (Å²) in [6, 6.07) is 24.5. The van der Waals surface area contributed by atoms with Gasteiger partial charge in [0.05, 0.1) is 5.52 Å². The highest BCUT2D eigenvalue weighted by molar-refractivity contribution is 5.96. The molecule has 0 aliphatic heterocycles. The third kappa shape index (κ3) is 3.38. The molecule has 2 N–H and O–H groups in total. The molecule has 4 rings (SSSR count). The lowest BCUT2D eigenvalue weighted by atomic mass is 10.1. The van der Waals surface area contributed by atoms with E-state index >= 15 is 0 Å². The minimum atomic E-state index is -0.749. The summed E-state index contributed by atoms with van der Waals surface area (Å²) >= 11 is 0. The van der Waals surface area contributed by atoms with Gasteiger partial charge in [0.25, 0.3) is 5.91 Å². The van der Waals surface area contributed by atoms with E-state index in [0.29, 0.717) is 23.3 Å². The van der Waals surface area contributed by atoms with E-state index in [1.54, 1.807) is 16.7 Å². The fourth-order valence-electron chi connectivity index (χ4n) is 3.13. The van der Waals surface area contributed by atoms with E-state index in [-0.39, 0.29) is 11.0 Å². The van der Waals surface area contributed by atoms with Gasteiger partial charge in [-0.05, 0) is 29.8 Å². The highest BCUT2D eigenvalue weighted by Crippen LogP contribution is 2.22. The molecule has 0 saturated carbocycles. The van der Waals surface area contributed by atoms with Gasteiger partial charge in [-0.15, -0.1) is 0 Å². The minimum absolute atomic E-state index is 0.0469. The fourth-order valence-corrected chi connectivity index (χ4v) is 3.13. The molecule has 0 atom stereocenters. The van der Waals surface area contributed by atoms with Crippen molar-refractivity contribution in [2.75, 3.05) is 0 Å². The molecule has 1 heterocycles. The molecule has 0 spiro atoms. The zero-order valence-electron chi connectivity index (χ0n) is 15.0. The van der Waals surface area contributed by atoms with Crippen LogP contribution in [-0.4, -0.2) is 10.5 Å². The number of pyridine rings is 1. The Bertz CT molecular complexity index is 1210. The van der Waals surface area contributed by atoms with Crippen LogP contribution in [0.4, 0.5) is 0 Å². The van der Waals surface area contributed by atoms with Gasteiger partial charge in [-0.1, -0.05) is 48.5 Å². The Morgan fingerprint density at radius 2 is 1.68 bits per heavy atom. The molecule has 28 heavy (non-hydrogen) atoms. The predicted octanol–water partition coefficient (Wildman–Crippen LogP) is 3.67. The molecular formula is C23H18N2O3. The van der Waals surface area contributed by atoms with Crippen molar-refractivity contribution in [1.82, 2.24) is 4.57 Å². The second-order valence-electron chi connectivity index (χ2n) is 6.39. The van der Waals surface area contributed by atoms with E-state index in [9.17, 15) is 9.59 Å². The molecule has 3 aromatic carbocycles. The first-order valence-electron chi connectivity index (χ1n) is 8.85. The SMILES string of the molecule is NC(=O)c1cn(-c2cccc(OCc3ccccc3)c2)c2ccccc2c1=O. The molecule has 4 aromatic rings. The number of hydrogen-bond acceptors (Lipinski definition) is 3. The number of carbonyl (C=O) groups is 1. The third-order valence-electron chi connectivity index (χ3n) is 4.52. The Kier molecular flexibility index (Phi) is 4.64. The Balaban J connectivity index is 1.77. The van der Waals surface area contributed by atoms with Crippen molar-refractivity contribution in [2.45, 2.75) is 6.61 Å². The lowest BCUT2D eigenvalue weighted by Crippen LogP contribution is -2.23. The van der Waals surface area contributed by atoms with Gasteiger partial charge in [0.2, 0.25) is 5.43 Å². The molecule has 5 heteroatoms. The fraction of sp³-hybridized carbons (Fsp3) is 0.0435. The Morgan fingerprint density at radius 1 is 0.929 bits per heavy atom. The molecule has 0 bridgehead atoms. The first kappa shape index (κ1) is 17.5. The Hall–Kier alpha value is -3.86. The van der Waals surface area contributed by atoms with Crippen LogP contribution in [0.3, 0.4) is 0 Å². The van der Waals surface area contributed by atoms with Crippen molar-refractivity contribution in [3.63, 3.8) is 0 Å². The number of rotatable bonds is 5. The molecule has 138 valence electrons. The van der Waals surface area contributed by atoms with Gasteiger partial charge in [-0.2, -0.15) is 0 Å². The summed E-state index contributed by atoms with van der Waals surface area (Å²) in [5.74, 6) is -0.0641. The standard InChI is InChI=1S/C23H18N2O3/c24-23(27)20-14-25(21-12-5-4-11-19(21)22(20)26)17-9-6-10-18(13-17)28-15-16-7-2-1-3-8-16/h1-14H,15H2,(H2,24,27). The van der Waals surface area contributed by atoms with Crippen LogP contribution >= 0.6 is 0 Å². The average molecular weight is 370 g/mol. The van der Waals surface area contributed by atoms with Crippen molar-refractivity contribution < 1.29 is 9.53 Å². The second kappa shape index (κ2) is 7.40. The van der Waals surface area contributed by atoms with Gasteiger partial charge in [0.1, 0.15) is 17.9 Å². The van der Waals surface area contributed by atoms with Crippen LogP contribution in [0.5, 0.6) is 5.75 Å². The average Bonchev–Trinajstić information content (AvgIpc) is 2.73. The largest absolute Gasteiger partial charge is 0.489 e. The normalized spacial score (nSPS) is 10.7. The highest BCUT2D eigenvalue weighted by Gasteiger charge is 2.14. The molecule has 0 fully saturated rings. The number of amides is 1. The number of ether oxygens (including phenoxy) is 1. The Morgan fingerprint density at radius 3 is 2.46 bits per heavy atom. The molecule has 0 aliphatic carbocycles. The number of nitrogens with zero attached hydrogens (tertiary/aromatic N) is 1. The van der Waals surface area contributed by atoms with Gasteiger partial charge >= 0.3 is 0 Å². The first-order valence-corrected chi connectivity index (χ1v) is 8.85. The van der Waals surface area contributed by atoms with Crippen molar-refractivity contribution in [3.05, 3.63) is 106 Å². The number of fused-ring (bicyclic) bond motifs is 1. The van der Waals surface area contributed by atoms with E-state index < -0.39 is 5.91 Å². The van der Waals surface area contributed by atoms with Crippen molar-refractivity contribution in [3.8, 4) is 11.4 Å². The van der Waals surface area contributed by atoms with Crippen LogP contribution < -0.4 is 15.9 Å². The monoisotopic (exact) mass is 370 g/mol. The van der Waals surface area contributed by atoms with Crippen molar-refractivity contribution in [1.29, 1.82) is 0 Å². The summed E-state index contributed by atoms with van der Waals surface area (Å²) in [5, 5.41) is 0.439. The van der Waals surface area contributed by atoms with Gasteiger partial charge < -0.3 is 15.0 Å². The van der Waals surface area contributed by atoms with E-state index in [0.717, 1.165) is 11.3 Å². The van der Waals surface area contributed by atoms with Gasteiger partial charge in [-0.3, -0.25) is 9.59 Å². The zero-order valence-corrected chi connectivity index (χ0v) is 15.0. The summed E-state index contributed by atoms with van der Waals surface area (Å²) in [5.41, 5.74) is 7.53. The molecule has 0 saturated heterocycles. The maximum absolute atomic E-state index is 12.5. The quantitative estimate of drug-likeness (QED) is 0.582. The van der Waals surface area contributed by atoms with Crippen LogP contribution in [0.1, 0.15) is 15.9 Å². The zero-order chi connectivity index (χ0) is 19.5. The van der Waals surface area contributed by atoms with Gasteiger partial charge in [-0.25, -0.2) is 0 Å². The van der Waals surface area contributed by atoms with Crippen LogP contribution in [0.25, 0.3) is 16.6 Å². The van der Waals surface area contributed by atoms with E-state index in [1.807, 2.05) is 66.7 Å². The molecule has 0 unspecified atom stereocenters.